The molecular weight excluding hydrogens is 288 g/mol. The van der Waals surface area contributed by atoms with Gasteiger partial charge in [-0.1, -0.05) is 12.1 Å². The summed E-state index contributed by atoms with van der Waals surface area (Å²) in [5.41, 5.74) is 0.831. The molecule has 0 saturated heterocycles. The molecule has 1 amide bonds. The number of halogens is 1. The van der Waals surface area contributed by atoms with Crippen LogP contribution in [-0.4, -0.2) is 26.9 Å². The first kappa shape index (κ1) is 15.9. The fourth-order valence-electron chi connectivity index (χ4n) is 1.44. The minimum absolute atomic E-state index is 0.109. The molecule has 106 valence electrons. The van der Waals surface area contributed by atoms with E-state index in [0.29, 0.717) is 12.4 Å². The molecule has 7 heteroatoms. The Morgan fingerprint density at radius 2 is 1.89 bits per heavy atom. The number of carbonyl (C=O) groups excluding carboxylic acids is 1. The minimum atomic E-state index is -3.70. The Hall–Kier alpha value is -1.11. The van der Waals surface area contributed by atoms with E-state index in [1.54, 1.807) is 19.1 Å². The quantitative estimate of drug-likeness (QED) is 0.776. The number of benzene rings is 1. The van der Waals surface area contributed by atoms with Crippen molar-refractivity contribution in [3.8, 4) is 0 Å². The highest BCUT2D eigenvalue weighted by atomic mass is 35.5. The number of amides is 1. The molecule has 1 unspecified atom stereocenters. The van der Waals surface area contributed by atoms with Crippen LogP contribution in [0.4, 0.5) is 0 Å². The molecule has 1 aromatic rings. The summed E-state index contributed by atoms with van der Waals surface area (Å²) in [5.74, 6) is -0.0354. The van der Waals surface area contributed by atoms with Gasteiger partial charge in [-0.15, -0.1) is 11.6 Å². The van der Waals surface area contributed by atoms with Crippen molar-refractivity contribution in [3.63, 3.8) is 0 Å². The third kappa shape index (κ3) is 4.49. The molecule has 0 saturated carbocycles. The van der Waals surface area contributed by atoms with Gasteiger partial charge in [0.25, 0.3) is 0 Å². The fraction of sp³-hybridized carbons (Fsp3) is 0.417. The second kappa shape index (κ2) is 6.88. The second-order valence-electron chi connectivity index (χ2n) is 4.02. The van der Waals surface area contributed by atoms with E-state index in [9.17, 15) is 13.2 Å². The standard InChI is InChI=1S/C12H17ClN2O3S/c1-3-14-12(16)9(2)15-19(17,18)11-6-4-10(8-13)5-7-11/h4-7,9,15H,3,8H2,1-2H3,(H,14,16). The zero-order valence-corrected chi connectivity index (χ0v) is 12.4. The zero-order chi connectivity index (χ0) is 14.5. The summed E-state index contributed by atoms with van der Waals surface area (Å²) in [6, 6.07) is 5.38. The van der Waals surface area contributed by atoms with Crippen molar-refractivity contribution in [1.29, 1.82) is 0 Å². The highest BCUT2D eigenvalue weighted by Gasteiger charge is 2.21. The zero-order valence-electron chi connectivity index (χ0n) is 10.8. The van der Waals surface area contributed by atoms with Crippen LogP contribution in [-0.2, 0) is 20.7 Å². The van der Waals surface area contributed by atoms with Gasteiger partial charge in [0, 0.05) is 12.4 Å². The molecule has 2 N–H and O–H groups in total. The lowest BCUT2D eigenvalue weighted by Gasteiger charge is -2.13. The number of hydrogen-bond donors (Lipinski definition) is 2. The molecule has 0 heterocycles. The van der Waals surface area contributed by atoms with Crippen LogP contribution in [0, 0.1) is 0 Å². The van der Waals surface area contributed by atoms with Gasteiger partial charge >= 0.3 is 0 Å². The Labute approximate surface area is 118 Å². The number of likely N-dealkylation sites (N-methyl/N-ethyl adjacent to an activating group) is 1. The van der Waals surface area contributed by atoms with Crippen molar-refractivity contribution >= 4 is 27.5 Å². The molecule has 1 rings (SSSR count). The molecule has 0 fully saturated rings. The number of alkyl halides is 1. The Balaban J connectivity index is 2.82. The summed E-state index contributed by atoms with van der Waals surface area (Å²) in [4.78, 5) is 11.6. The molecule has 19 heavy (non-hydrogen) atoms. The lowest BCUT2D eigenvalue weighted by Crippen LogP contribution is -2.44. The molecule has 0 aliphatic rings. The minimum Gasteiger partial charge on any atom is -0.355 e. The topological polar surface area (TPSA) is 75.3 Å². The van der Waals surface area contributed by atoms with E-state index < -0.39 is 16.1 Å². The fourth-order valence-corrected chi connectivity index (χ4v) is 2.82. The average Bonchev–Trinajstić information content (AvgIpc) is 2.38. The Morgan fingerprint density at radius 1 is 1.32 bits per heavy atom. The van der Waals surface area contributed by atoms with Gasteiger partial charge in [0.15, 0.2) is 0 Å². The monoisotopic (exact) mass is 304 g/mol. The number of nitrogens with one attached hydrogen (secondary N) is 2. The van der Waals surface area contributed by atoms with Crippen molar-refractivity contribution in [3.05, 3.63) is 29.8 Å². The number of hydrogen-bond acceptors (Lipinski definition) is 3. The van der Waals surface area contributed by atoms with Gasteiger partial charge in [-0.3, -0.25) is 4.79 Å². The van der Waals surface area contributed by atoms with E-state index in [-0.39, 0.29) is 10.8 Å². The smallest absolute Gasteiger partial charge is 0.241 e. The van der Waals surface area contributed by atoms with Gasteiger partial charge in [-0.2, -0.15) is 4.72 Å². The lowest BCUT2D eigenvalue weighted by molar-refractivity contribution is -0.122. The largest absolute Gasteiger partial charge is 0.355 e. The van der Waals surface area contributed by atoms with E-state index in [2.05, 4.69) is 10.0 Å². The Morgan fingerprint density at radius 3 is 2.37 bits per heavy atom. The molecule has 0 spiro atoms. The molecule has 1 aromatic carbocycles. The maximum atomic E-state index is 12.0. The summed E-state index contributed by atoms with van der Waals surface area (Å²) in [6.07, 6.45) is 0. The van der Waals surface area contributed by atoms with E-state index in [0.717, 1.165) is 5.56 Å². The summed E-state index contributed by atoms with van der Waals surface area (Å²) in [6.45, 7) is 3.72. The van der Waals surface area contributed by atoms with Crippen molar-refractivity contribution in [1.82, 2.24) is 10.0 Å². The van der Waals surface area contributed by atoms with Crippen LogP contribution in [0.5, 0.6) is 0 Å². The van der Waals surface area contributed by atoms with Gasteiger partial charge in [0.05, 0.1) is 10.9 Å². The van der Waals surface area contributed by atoms with Crippen LogP contribution in [0.2, 0.25) is 0 Å². The first-order valence-electron chi connectivity index (χ1n) is 5.85. The lowest BCUT2D eigenvalue weighted by atomic mass is 10.2. The summed E-state index contributed by atoms with van der Waals surface area (Å²) < 4.78 is 26.4. The van der Waals surface area contributed by atoms with Crippen LogP contribution in [0.1, 0.15) is 19.4 Å². The molecule has 0 aromatic heterocycles. The first-order valence-corrected chi connectivity index (χ1v) is 7.87. The van der Waals surface area contributed by atoms with Gasteiger partial charge in [-0.25, -0.2) is 8.42 Å². The normalized spacial score (nSPS) is 13.0. The van der Waals surface area contributed by atoms with E-state index >= 15 is 0 Å². The number of rotatable bonds is 6. The van der Waals surface area contributed by atoms with Gasteiger partial charge in [0.2, 0.25) is 15.9 Å². The molecular formula is C12H17ClN2O3S. The summed E-state index contributed by atoms with van der Waals surface area (Å²) in [5, 5.41) is 2.55. The highest BCUT2D eigenvalue weighted by molar-refractivity contribution is 7.89. The van der Waals surface area contributed by atoms with Crippen molar-refractivity contribution in [2.45, 2.75) is 30.7 Å². The van der Waals surface area contributed by atoms with Crippen LogP contribution in [0.3, 0.4) is 0 Å². The Bertz CT molecular complexity index is 528. The van der Waals surface area contributed by atoms with Crippen molar-refractivity contribution in [2.75, 3.05) is 6.54 Å². The summed E-state index contributed by atoms with van der Waals surface area (Å²) >= 11 is 5.64. The van der Waals surface area contributed by atoms with E-state index in [1.165, 1.54) is 19.1 Å². The third-order valence-corrected chi connectivity index (χ3v) is 4.33. The SMILES string of the molecule is CCNC(=O)C(C)NS(=O)(=O)c1ccc(CCl)cc1. The number of carbonyl (C=O) groups is 1. The molecule has 0 aliphatic heterocycles. The molecule has 0 aliphatic carbocycles. The van der Waals surface area contributed by atoms with Gasteiger partial charge in [-0.05, 0) is 31.5 Å². The predicted molar refractivity (Wildman–Crippen MR) is 74.5 cm³/mol. The van der Waals surface area contributed by atoms with Crippen molar-refractivity contribution < 1.29 is 13.2 Å². The van der Waals surface area contributed by atoms with Crippen LogP contribution in [0.15, 0.2) is 29.2 Å². The summed E-state index contributed by atoms with van der Waals surface area (Å²) in [7, 11) is -3.70. The molecule has 0 radical (unpaired) electrons. The van der Waals surface area contributed by atoms with Gasteiger partial charge in [0.1, 0.15) is 0 Å². The molecule has 1 atom stereocenters. The van der Waals surface area contributed by atoms with Crippen LogP contribution in [0.25, 0.3) is 0 Å². The maximum Gasteiger partial charge on any atom is 0.241 e. The number of sulfonamides is 1. The highest BCUT2D eigenvalue weighted by Crippen LogP contribution is 2.12. The Kier molecular flexibility index (Phi) is 5.78. The van der Waals surface area contributed by atoms with Crippen LogP contribution >= 0.6 is 11.6 Å². The predicted octanol–water partition coefficient (Wildman–Crippen LogP) is 1.23. The third-order valence-electron chi connectivity index (χ3n) is 2.46. The average molecular weight is 305 g/mol. The van der Waals surface area contributed by atoms with Crippen LogP contribution < -0.4 is 10.0 Å². The van der Waals surface area contributed by atoms with Crippen molar-refractivity contribution in [2.24, 2.45) is 0 Å². The van der Waals surface area contributed by atoms with Gasteiger partial charge < -0.3 is 5.32 Å². The van der Waals surface area contributed by atoms with E-state index in [1.807, 2.05) is 0 Å². The van der Waals surface area contributed by atoms with E-state index in [4.69, 9.17) is 11.6 Å². The second-order valence-corrected chi connectivity index (χ2v) is 6.00. The maximum absolute atomic E-state index is 12.0. The molecule has 5 nitrogen and oxygen atoms in total. The molecule has 0 bridgehead atoms. The first-order chi connectivity index (χ1) is 8.90.